The second-order valence-corrected chi connectivity index (χ2v) is 1.21. The first-order chi connectivity index (χ1) is 4.33. The van der Waals surface area contributed by atoms with E-state index in [0.29, 0.717) is 0 Å². The molecular weight excluding hydrogens is 130 g/mol. The third-order valence-electron chi connectivity index (χ3n) is 0.472. The van der Waals surface area contributed by atoms with Gasteiger partial charge >= 0.3 is 5.97 Å². The van der Waals surface area contributed by atoms with E-state index in [4.69, 9.17) is 9.85 Å². The molecule has 0 heterocycles. The number of ether oxygens (including phenoxy) is 1. The van der Waals surface area contributed by atoms with Gasteiger partial charge in [-0.3, -0.25) is 4.79 Å². The summed E-state index contributed by atoms with van der Waals surface area (Å²) in [7, 11) is -2.68. The second-order valence-electron chi connectivity index (χ2n) is 1.21. The highest BCUT2D eigenvalue weighted by atomic mass is 35.5. The molecule has 0 aliphatic carbocycles. The molecule has 50 valence electrons. The lowest BCUT2D eigenvalue weighted by molar-refractivity contribution is -0.141. The van der Waals surface area contributed by atoms with Crippen molar-refractivity contribution in [3.63, 3.8) is 0 Å². The van der Waals surface area contributed by atoms with E-state index in [0.717, 1.165) is 0 Å². The molecule has 0 aliphatic rings. The molecule has 0 aromatic heterocycles. The molecule has 0 radical (unpaired) electrons. The first-order valence-electron chi connectivity index (χ1n) is 3.31. The largest absolute Gasteiger partial charge is 0.468 e. The van der Waals surface area contributed by atoms with E-state index in [1.165, 1.54) is 6.92 Å². The Bertz CT molecular complexity index is 136. The van der Waals surface area contributed by atoms with Crippen molar-refractivity contribution < 1.29 is 13.6 Å². The van der Waals surface area contributed by atoms with Crippen LogP contribution in [-0.2, 0) is 9.53 Å². The fraction of sp³-hybridized carbons (Fsp3) is 0.750. The number of esters is 1. The highest BCUT2D eigenvalue weighted by Gasteiger charge is 2.03. The van der Waals surface area contributed by atoms with Gasteiger partial charge in [-0.15, -0.1) is 12.4 Å². The number of rotatable bonds is 1. The number of hydrogen-bond acceptors (Lipinski definition) is 3. The van der Waals surface area contributed by atoms with Gasteiger partial charge in [-0.25, -0.2) is 0 Å². The van der Waals surface area contributed by atoms with E-state index in [9.17, 15) is 4.79 Å². The summed E-state index contributed by atoms with van der Waals surface area (Å²) >= 11 is 0. The first-order valence-corrected chi connectivity index (χ1v) is 1.81. The maximum atomic E-state index is 10.5. The van der Waals surface area contributed by atoms with Crippen molar-refractivity contribution in [2.75, 3.05) is 7.04 Å². The predicted octanol–water partition coefficient (Wildman–Crippen LogP) is -0.0716. The zero-order valence-corrected chi connectivity index (χ0v) is 5.20. The van der Waals surface area contributed by atoms with Gasteiger partial charge in [-0.05, 0) is 6.92 Å². The lowest BCUT2D eigenvalue weighted by Crippen LogP contribution is -2.27. The van der Waals surface area contributed by atoms with Gasteiger partial charge in [-0.2, -0.15) is 0 Å². The third-order valence-corrected chi connectivity index (χ3v) is 0.472. The van der Waals surface area contributed by atoms with E-state index < -0.39 is 19.0 Å². The molecule has 4 heteroatoms. The topological polar surface area (TPSA) is 52.3 Å². The van der Waals surface area contributed by atoms with Crippen LogP contribution in [0.25, 0.3) is 0 Å². The normalized spacial score (nSPS) is 18.5. The standard InChI is InChI=1S/C4H9NO2.ClH/c1-3(5)4(6)7-2;/h3H,5H2,1-2H3;1H/t3-;/m1./s1/i2D3;. The number of hydrogen-bond donors (Lipinski definition) is 1. The fourth-order valence-corrected chi connectivity index (χ4v) is 0.0929. The lowest BCUT2D eigenvalue weighted by Gasteiger charge is -1.98. The van der Waals surface area contributed by atoms with Gasteiger partial charge in [0.15, 0.2) is 0 Å². The molecule has 0 rings (SSSR count). The maximum Gasteiger partial charge on any atom is 0.322 e. The Balaban J connectivity index is 0. The molecule has 0 aromatic carbocycles. The zero-order chi connectivity index (χ0) is 8.36. The van der Waals surface area contributed by atoms with Crippen LogP contribution >= 0.6 is 12.4 Å². The van der Waals surface area contributed by atoms with Gasteiger partial charge in [0, 0.05) is 0 Å². The monoisotopic (exact) mass is 142 g/mol. The van der Waals surface area contributed by atoms with E-state index in [-0.39, 0.29) is 12.4 Å². The molecule has 2 N–H and O–H groups in total. The zero-order valence-electron chi connectivity index (χ0n) is 7.38. The van der Waals surface area contributed by atoms with Gasteiger partial charge < -0.3 is 10.5 Å². The summed E-state index contributed by atoms with van der Waals surface area (Å²) in [4.78, 5) is 10.5. The number of halogens is 1. The number of carbonyl (C=O) groups excluding carboxylic acids is 1. The minimum absolute atomic E-state index is 0. The Hall–Kier alpha value is -0.280. The SMILES string of the molecule is Cl.[2H]C([2H])([2H])OC(=O)[C@@H](C)N. The van der Waals surface area contributed by atoms with Crippen LogP contribution in [0.5, 0.6) is 0 Å². The minimum Gasteiger partial charge on any atom is -0.468 e. The average Bonchev–Trinajstić information content (AvgIpc) is 1.60. The van der Waals surface area contributed by atoms with Crippen LogP contribution in [0.2, 0.25) is 0 Å². The highest BCUT2D eigenvalue weighted by molar-refractivity contribution is 5.85. The quantitative estimate of drug-likeness (QED) is 0.522. The molecular formula is C4H10ClNO2. The molecule has 8 heavy (non-hydrogen) atoms. The summed E-state index contributed by atoms with van der Waals surface area (Å²) in [5.74, 6) is -0.917. The third kappa shape index (κ3) is 3.89. The van der Waals surface area contributed by atoms with E-state index >= 15 is 0 Å². The van der Waals surface area contributed by atoms with Crippen molar-refractivity contribution in [1.82, 2.24) is 0 Å². The van der Waals surface area contributed by atoms with Crippen molar-refractivity contribution in [3.05, 3.63) is 0 Å². The number of nitrogens with two attached hydrogens (primary N) is 1. The molecule has 0 fully saturated rings. The highest BCUT2D eigenvalue weighted by Crippen LogP contribution is 1.76. The Morgan fingerprint density at radius 2 is 2.50 bits per heavy atom. The predicted molar refractivity (Wildman–Crippen MR) is 32.9 cm³/mol. The van der Waals surface area contributed by atoms with Crippen LogP contribution < -0.4 is 5.73 Å². The average molecular weight is 143 g/mol. The van der Waals surface area contributed by atoms with Crippen molar-refractivity contribution in [2.24, 2.45) is 5.73 Å². The molecule has 0 aliphatic heterocycles. The number of carbonyl (C=O) groups is 1. The Kier molecular flexibility index (Phi) is 2.79. The van der Waals surface area contributed by atoms with Crippen molar-refractivity contribution in [1.29, 1.82) is 0 Å². The summed E-state index contributed by atoms with van der Waals surface area (Å²) in [5.41, 5.74) is 5.02. The molecule has 3 nitrogen and oxygen atoms in total. The van der Waals surface area contributed by atoms with Crippen LogP contribution in [0.1, 0.15) is 11.0 Å². The molecule has 0 unspecified atom stereocenters. The smallest absolute Gasteiger partial charge is 0.322 e. The van der Waals surface area contributed by atoms with Crippen LogP contribution in [0, 0.1) is 0 Å². The van der Waals surface area contributed by atoms with E-state index in [1.807, 2.05) is 0 Å². The van der Waals surface area contributed by atoms with Crippen molar-refractivity contribution in [2.45, 2.75) is 13.0 Å². The second kappa shape index (κ2) is 4.87. The van der Waals surface area contributed by atoms with Crippen LogP contribution in [-0.4, -0.2) is 19.0 Å². The molecule has 0 bridgehead atoms. The summed E-state index contributed by atoms with van der Waals surface area (Å²) in [6, 6.07) is -0.888. The van der Waals surface area contributed by atoms with Gasteiger partial charge in [-0.1, -0.05) is 0 Å². The first kappa shape index (κ1) is 4.58. The Morgan fingerprint density at radius 3 is 2.62 bits per heavy atom. The Labute approximate surface area is 58.8 Å². The molecule has 0 amide bonds. The summed E-state index contributed by atoms with van der Waals surface area (Å²) < 4.78 is 23.4. The van der Waals surface area contributed by atoms with Gasteiger partial charge in [0.1, 0.15) is 6.04 Å². The molecule has 0 saturated carbocycles. The van der Waals surface area contributed by atoms with Crippen LogP contribution in [0.15, 0.2) is 0 Å². The van der Waals surface area contributed by atoms with Crippen LogP contribution in [0.3, 0.4) is 0 Å². The molecule has 0 saturated heterocycles. The molecule has 0 aromatic rings. The van der Waals surface area contributed by atoms with Gasteiger partial charge in [0.05, 0.1) is 11.2 Å². The minimum atomic E-state index is -2.68. The van der Waals surface area contributed by atoms with E-state index in [1.54, 1.807) is 0 Å². The molecule has 0 spiro atoms. The van der Waals surface area contributed by atoms with E-state index in [2.05, 4.69) is 4.74 Å². The molecule has 1 atom stereocenters. The van der Waals surface area contributed by atoms with Crippen molar-refractivity contribution in [3.8, 4) is 0 Å². The fourth-order valence-electron chi connectivity index (χ4n) is 0.0929. The van der Waals surface area contributed by atoms with Crippen molar-refractivity contribution >= 4 is 18.4 Å². The summed E-state index contributed by atoms with van der Waals surface area (Å²) in [5, 5.41) is 0. The van der Waals surface area contributed by atoms with Crippen LogP contribution in [0.4, 0.5) is 0 Å². The van der Waals surface area contributed by atoms with Gasteiger partial charge in [0.25, 0.3) is 0 Å². The maximum absolute atomic E-state index is 10.5. The summed E-state index contributed by atoms with van der Waals surface area (Å²) in [6.07, 6.45) is 0. The summed E-state index contributed by atoms with van der Waals surface area (Å²) in [6.45, 7) is 1.36. The van der Waals surface area contributed by atoms with Gasteiger partial charge in [0.2, 0.25) is 0 Å². The number of methoxy groups -OCH3 is 1. The Morgan fingerprint density at radius 1 is 2.00 bits per heavy atom. The lowest BCUT2D eigenvalue weighted by atomic mass is 10.4.